The molecule has 3 heterocycles. The summed E-state index contributed by atoms with van der Waals surface area (Å²) in [6.45, 7) is 2.98. The van der Waals surface area contributed by atoms with Gasteiger partial charge in [-0.25, -0.2) is 14.8 Å². The van der Waals surface area contributed by atoms with Crippen molar-refractivity contribution in [3.63, 3.8) is 0 Å². The summed E-state index contributed by atoms with van der Waals surface area (Å²) in [6, 6.07) is 12.8. The molecular formula is C33H35F3N4O4. The number of unbranched alkanes of at least 4 members (excludes halogenated alkanes) is 1. The lowest BCUT2D eigenvalue weighted by molar-refractivity contribution is -0.137. The van der Waals surface area contributed by atoms with Crippen molar-refractivity contribution in [3.05, 3.63) is 101 Å². The van der Waals surface area contributed by atoms with Crippen molar-refractivity contribution >= 4 is 18.2 Å². The number of halogens is 3. The number of aromatic nitrogens is 3. The third-order valence-electron chi connectivity index (χ3n) is 7.37. The molecule has 4 aromatic rings. The summed E-state index contributed by atoms with van der Waals surface area (Å²) in [5.41, 5.74) is 1.73. The number of amides is 1. The number of alkyl halides is 3. The number of oxazole rings is 1. The summed E-state index contributed by atoms with van der Waals surface area (Å²) in [4.78, 5) is 22.6. The second-order valence-corrected chi connectivity index (χ2v) is 10.6. The number of aryl methyl sites for hydroxylation is 2. The van der Waals surface area contributed by atoms with E-state index in [4.69, 9.17) is 13.9 Å². The lowest BCUT2D eigenvalue weighted by Crippen LogP contribution is -2.29. The van der Waals surface area contributed by atoms with Crippen molar-refractivity contribution in [3.8, 4) is 5.75 Å². The molecule has 0 aliphatic carbocycles. The van der Waals surface area contributed by atoms with Gasteiger partial charge in [0.2, 0.25) is 5.89 Å². The van der Waals surface area contributed by atoms with E-state index in [1.165, 1.54) is 24.0 Å². The first-order valence-corrected chi connectivity index (χ1v) is 14.8. The van der Waals surface area contributed by atoms with Gasteiger partial charge in [0.1, 0.15) is 36.7 Å². The van der Waals surface area contributed by atoms with Crippen LogP contribution in [0.25, 0.3) is 12.2 Å². The molecule has 1 aliphatic rings. The van der Waals surface area contributed by atoms with E-state index in [0.717, 1.165) is 69.7 Å². The van der Waals surface area contributed by atoms with Gasteiger partial charge in [0.05, 0.1) is 5.56 Å². The SMILES string of the molecule is O=C(OCCc1nccn1CCCCc1ccc(OCc2coc(/C=C/c3ccc(C(F)(F)F)cc3)n2)cc1)N1CCCC1. The van der Waals surface area contributed by atoms with E-state index in [2.05, 4.69) is 14.5 Å². The Morgan fingerprint density at radius 1 is 0.977 bits per heavy atom. The molecule has 0 atom stereocenters. The van der Waals surface area contributed by atoms with Crippen LogP contribution in [-0.2, 0) is 36.9 Å². The van der Waals surface area contributed by atoms with Gasteiger partial charge in [-0.05, 0) is 73.6 Å². The van der Waals surface area contributed by atoms with Gasteiger partial charge in [-0.2, -0.15) is 13.2 Å². The molecule has 0 saturated carbocycles. The molecule has 8 nitrogen and oxygen atoms in total. The summed E-state index contributed by atoms with van der Waals surface area (Å²) in [5, 5.41) is 0. The minimum absolute atomic E-state index is 0.224. The Hall–Kier alpha value is -4.54. The summed E-state index contributed by atoms with van der Waals surface area (Å²) >= 11 is 0. The smallest absolute Gasteiger partial charge is 0.416 e. The van der Waals surface area contributed by atoms with Crippen LogP contribution >= 0.6 is 0 Å². The third-order valence-corrected chi connectivity index (χ3v) is 7.37. The Bertz CT molecular complexity index is 1510. The second-order valence-electron chi connectivity index (χ2n) is 10.6. The van der Waals surface area contributed by atoms with Crippen LogP contribution in [0.3, 0.4) is 0 Å². The topological polar surface area (TPSA) is 82.6 Å². The first kappa shape index (κ1) is 30.9. The number of benzene rings is 2. The van der Waals surface area contributed by atoms with Crippen LogP contribution < -0.4 is 4.74 Å². The standard InChI is InChI=1S/C33H35F3N4O4/c34-33(35,36)27-11-6-26(7-12-27)10-15-31-38-28(24-44-31)23-43-29-13-8-25(9-14-29)5-1-2-18-39-21-17-37-30(39)16-22-42-32(41)40-19-3-4-20-40/h6-15,17,21,24H,1-5,16,18-20,22-23H2/b15-10+. The van der Waals surface area contributed by atoms with Gasteiger partial charge in [0.25, 0.3) is 0 Å². The minimum Gasteiger partial charge on any atom is -0.487 e. The Morgan fingerprint density at radius 2 is 1.75 bits per heavy atom. The maximum Gasteiger partial charge on any atom is 0.416 e. The lowest BCUT2D eigenvalue weighted by Gasteiger charge is -2.15. The Balaban J connectivity index is 0.990. The quantitative estimate of drug-likeness (QED) is 0.147. The average molecular weight is 609 g/mol. The Kier molecular flexibility index (Phi) is 10.4. The monoisotopic (exact) mass is 608 g/mol. The van der Waals surface area contributed by atoms with Crippen molar-refractivity contribution in [2.24, 2.45) is 0 Å². The van der Waals surface area contributed by atoms with E-state index in [-0.39, 0.29) is 12.7 Å². The van der Waals surface area contributed by atoms with Crippen molar-refractivity contribution in [1.29, 1.82) is 0 Å². The molecule has 0 bridgehead atoms. The van der Waals surface area contributed by atoms with Crippen molar-refractivity contribution < 1.29 is 31.9 Å². The first-order chi connectivity index (χ1) is 21.3. The van der Waals surface area contributed by atoms with Gasteiger partial charge in [-0.3, -0.25) is 0 Å². The number of likely N-dealkylation sites (tertiary alicyclic amines) is 1. The lowest BCUT2D eigenvalue weighted by atomic mass is 10.1. The highest BCUT2D eigenvalue weighted by Gasteiger charge is 2.29. The van der Waals surface area contributed by atoms with E-state index < -0.39 is 11.7 Å². The molecule has 0 radical (unpaired) electrons. The number of ether oxygens (including phenoxy) is 2. The number of hydrogen-bond acceptors (Lipinski definition) is 6. The molecule has 0 N–H and O–H groups in total. The molecule has 44 heavy (non-hydrogen) atoms. The Morgan fingerprint density at radius 3 is 2.50 bits per heavy atom. The second kappa shape index (κ2) is 14.8. The average Bonchev–Trinajstić information content (AvgIpc) is 3.81. The molecule has 5 rings (SSSR count). The van der Waals surface area contributed by atoms with Crippen LogP contribution in [-0.4, -0.2) is 45.2 Å². The maximum atomic E-state index is 12.7. The van der Waals surface area contributed by atoms with Crippen LogP contribution in [0.5, 0.6) is 5.75 Å². The van der Waals surface area contributed by atoms with E-state index >= 15 is 0 Å². The molecule has 11 heteroatoms. The highest BCUT2D eigenvalue weighted by atomic mass is 19.4. The number of imidazole rings is 1. The van der Waals surface area contributed by atoms with Gasteiger partial charge in [0, 0.05) is 44.5 Å². The molecule has 232 valence electrons. The number of carbonyl (C=O) groups excluding carboxylic acids is 1. The van der Waals surface area contributed by atoms with E-state index in [0.29, 0.717) is 35.9 Å². The van der Waals surface area contributed by atoms with Gasteiger partial charge < -0.3 is 23.4 Å². The molecule has 1 fully saturated rings. The van der Waals surface area contributed by atoms with Gasteiger partial charge in [0.15, 0.2) is 0 Å². The van der Waals surface area contributed by atoms with Crippen LogP contribution in [0.4, 0.5) is 18.0 Å². The highest BCUT2D eigenvalue weighted by molar-refractivity contribution is 5.68. The van der Waals surface area contributed by atoms with Crippen LogP contribution in [0, 0.1) is 0 Å². The zero-order valence-electron chi connectivity index (χ0n) is 24.3. The predicted octanol–water partition coefficient (Wildman–Crippen LogP) is 7.44. The molecule has 0 unspecified atom stereocenters. The molecular weight excluding hydrogens is 573 g/mol. The van der Waals surface area contributed by atoms with E-state index in [1.54, 1.807) is 23.2 Å². The summed E-state index contributed by atoms with van der Waals surface area (Å²) in [5.74, 6) is 1.98. The largest absolute Gasteiger partial charge is 0.487 e. The number of hydrogen-bond donors (Lipinski definition) is 0. The number of nitrogens with zero attached hydrogens (tertiary/aromatic N) is 4. The fraction of sp³-hybridized carbons (Fsp3) is 0.364. The highest BCUT2D eigenvalue weighted by Crippen LogP contribution is 2.29. The Labute approximate surface area is 254 Å². The van der Waals surface area contributed by atoms with Crippen molar-refractivity contribution in [1.82, 2.24) is 19.4 Å². The van der Waals surface area contributed by atoms with Crippen LogP contribution in [0.1, 0.15) is 59.8 Å². The zero-order chi connectivity index (χ0) is 30.8. The van der Waals surface area contributed by atoms with E-state index in [9.17, 15) is 18.0 Å². The number of carbonyl (C=O) groups is 1. The molecule has 2 aromatic heterocycles. The molecule has 1 aliphatic heterocycles. The first-order valence-electron chi connectivity index (χ1n) is 14.8. The van der Waals surface area contributed by atoms with Gasteiger partial charge in [-0.15, -0.1) is 0 Å². The third kappa shape index (κ3) is 8.98. The molecule has 0 spiro atoms. The molecule has 2 aromatic carbocycles. The molecule has 1 amide bonds. The fourth-order valence-corrected chi connectivity index (χ4v) is 4.93. The van der Waals surface area contributed by atoms with Crippen molar-refractivity contribution in [2.75, 3.05) is 19.7 Å². The summed E-state index contributed by atoms with van der Waals surface area (Å²) in [7, 11) is 0. The number of rotatable bonds is 13. The van der Waals surface area contributed by atoms with Crippen molar-refractivity contribution in [2.45, 2.75) is 57.9 Å². The summed E-state index contributed by atoms with van der Waals surface area (Å²) in [6.07, 6.45) is 9.54. The predicted molar refractivity (Wildman–Crippen MR) is 159 cm³/mol. The van der Waals surface area contributed by atoms with Crippen LogP contribution in [0.2, 0.25) is 0 Å². The minimum atomic E-state index is -4.36. The summed E-state index contributed by atoms with van der Waals surface area (Å²) < 4.78 is 56.9. The van der Waals surface area contributed by atoms with Gasteiger partial charge >= 0.3 is 12.3 Å². The van der Waals surface area contributed by atoms with E-state index in [1.807, 2.05) is 30.5 Å². The molecule has 1 saturated heterocycles. The van der Waals surface area contributed by atoms with Crippen LogP contribution in [0.15, 0.2) is 71.6 Å². The van der Waals surface area contributed by atoms with Gasteiger partial charge in [-0.1, -0.05) is 24.3 Å². The zero-order valence-corrected chi connectivity index (χ0v) is 24.3. The maximum absolute atomic E-state index is 12.7. The fourth-order valence-electron chi connectivity index (χ4n) is 4.93. The normalized spacial score (nSPS) is 13.6.